The van der Waals surface area contributed by atoms with Crippen LogP contribution in [0.15, 0.2) is 35.7 Å². The topological polar surface area (TPSA) is 33.2 Å². The summed E-state index contributed by atoms with van der Waals surface area (Å²) in [5.74, 6) is 0.136. The Balaban J connectivity index is 1.69. The van der Waals surface area contributed by atoms with E-state index in [9.17, 15) is 4.79 Å². The molecule has 1 heterocycles. The molecule has 0 saturated heterocycles. The standard InChI is InChI=1S/C16H18N2OS/c1-2-18(14-8-9-14)16-17-13(11-20-16)10-15(19)12-6-4-3-5-7-12/h3-7,11,14H,2,8-10H2,1H3. The van der Waals surface area contributed by atoms with Crippen molar-refractivity contribution in [1.29, 1.82) is 0 Å². The molecule has 0 atom stereocenters. The monoisotopic (exact) mass is 286 g/mol. The van der Waals surface area contributed by atoms with Crippen LogP contribution in [-0.4, -0.2) is 23.4 Å². The molecule has 2 aromatic rings. The normalized spacial score (nSPS) is 14.2. The van der Waals surface area contributed by atoms with Crippen molar-refractivity contribution in [2.24, 2.45) is 0 Å². The maximum Gasteiger partial charge on any atom is 0.185 e. The fourth-order valence-electron chi connectivity index (χ4n) is 2.34. The van der Waals surface area contributed by atoms with Crippen molar-refractivity contribution < 1.29 is 4.79 Å². The Bertz CT molecular complexity index is 590. The van der Waals surface area contributed by atoms with Gasteiger partial charge in [-0.1, -0.05) is 30.3 Å². The third kappa shape index (κ3) is 2.90. The second-order valence-electron chi connectivity index (χ2n) is 5.10. The average molecular weight is 286 g/mol. The Kier molecular flexibility index (Phi) is 3.83. The molecular formula is C16H18N2OS. The van der Waals surface area contributed by atoms with E-state index < -0.39 is 0 Å². The fourth-order valence-corrected chi connectivity index (χ4v) is 3.30. The van der Waals surface area contributed by atoms with Crippen LogP contribution in [0.4, 0.5) is 5.13 Å². The van der Waals surface area contributed by atoms with Crippen molar-refractivity contribution in [2.45, 2.75) is 32.2 Å². The molecule has 1 aromatic carbocycles. The number of ketones is 1. The van der Waals surface area contributed by atoms with E-state index in [1.54, 1.807) is 11.3 Å². The van der Waals surface area contributed by atoms with Crippen molar-refractivity contribution in [1.82, 2.24) is 4.98 Å². The molecule has 20 heavy (non-hydrogen) atoms. The van der Waals surface area contributed by atoms with Gasteiger partial charge in [-0.25, -0.2) is 4.98 Å². The van der Waals surface area contributed by atoms with Crippen molar-refractivity contribution in [3.8, 4) is 0 Å². The molecule has 1 aliphatic rings. The van der Waals surface area contributed by atoms with Crippen LogP contribution in [0, 0.1) is 0 Å². The molecule has 3 nitrogen and oxygen atoms in total. The Morgan fingerprint density at radius 2 is 2.10 bits per heavy atom. The van der Waals surface area contributed by atoms with Crippen molar-refractivity contribution in [3.05, 3.63) is 47.0 Å². The second kappa shape index (κ2) is 5.75. The Morgan fingerprint density at radius 3 is 2.75 bits per heavy atom. The van der Waals surface area contributed by atoms with Gasteiger partial charge in [0.2, 0.25) is 0 Å². The predicted octanol–water partition coefficient (Wildman–Crippen LogP) is 3.56. The zero-order chi connectivity index (χ0) is 13.9. The van der Waals surface area contributed by atoms with Gasteiger partial charge in [0, 0.05) is 23.5 Å². The van der Waals surface area contributed by atoms with Gasteiger partial charge in [-0.15, -0.1) is 11.3 Å². The molecule has 0 N–H and O–H groups in total. The van der Waals surface area contributed by atoms with Gasteiger partial charge in [-0.2, -0.15) is 0 Å². The zero-order valence-electron chi connectivity index (χ0n) is 11.6. The van der Waals surface area contributed by atoms with Gasteiger partial charge in [0.1, 0.15) is 0 Å². The van der Waals surface area contributed by atoms with E-state index >= 15 is 0 Å². The highest BCUT2D eigenvalue weighted by molar-refractivity contribution is 7.13. The van der Waals surface area contributed by atoms with Crippen LogP contribution < -0.4 is 4.90 Å². The summed E-state index contributed by atoms with van der Waals surface area (Å²) >= 11 is 1.65. The van der Waals surface area contributed by atoms with Crippen LogP contribution in [0.5, 0.6) is 0 Å². The highest BCUT2D eigenvalue weighted by Crippen LogP contribution is 2.33. The quantitative estimate of drug-likeness (QED) is 0.761. The summed E-state index contributed by atoms with van der Waals surface area (Å²) in [5, 5.41) is 3.08. The lowest BCUT2D eigenvalue weighted by atomic mass is 10.1. The van der Waals surface area contributed by atoms with E-state index in [0.717, 1.165) is 22.9 Å². The van der Waals surface area contributed by atoms with Crippen molar-refractivity contribution in [2.75, 3.05) is 11.4 Å². The van der Waals surface area contributed by atoms with Crippen LogP contribution in [0.2, 0.25) is 0 Å². The highest BCUT2D eigenvalue weighted by Gasteiger charge is 2.29. The molecule has 0 spiro atoms. The molecule has 0 bridgehead atoms. The molecule has 0 unspecified atom stereocenters. The van der Waals surface area contributed by atoms with Crippen LogP contribution in [-0.2, 0) is 6.42 Å². The molecule has 1 fully saturated rings. The van der Waals surface area contributed by atoms with Gasteiger partial charge >= 0.3 is 0 Å². The summed E-state index contributed by atoms with van der Waals surface area (Å²) in [5.41, 5.74) is 1.65. The second-order valence-corrected chi connectivity index (χ2v) is 5.94. The number of carbonyl (C=O) groups excluding carboxylic acids is 1. The lowest BCUT2D eigenvalue weighted by Gasteiger charge is -2.18. The minimum Gasteiger partial charge on any atom is -0.345 e. The number of Topliss-reactive ketones (excluding diaryl/α,β-unsaturated/α-hetero) is 1. The Morgan fingerprint density at radius 1 is 1.35 bits per heavy atom. The molecule has 4 heteroatoms. The van der Waals surface area contributed by atoms with Gasteiger partial charge < -0.3 is 4.90 Å². The molecule has 1 aliphatic carbocycles. The maximum atomic E-state index is 12.2. The van der Waals surface area contributed by atoms with Gasteiger partial charge in [0.05, 0.1) is 12.1 Å². The summed E-state index contributed by atoms with van der Waals surface area (Å²) < 4.78 is 0. The number of nitrogens with zero attached hydrogens (tertiary/aromatic N) is 2. The van der Waals surface area contributed by atoms with E-state index in [-0.39, 0.29) is 5.78 Å². The number of hydrogen-bond acceptors (Lipinski definition) is 4. The minimum atomic E-state index is 0.136. The molecular weight excluding hydrogens is 268 g/mol. The van der Waals surface area contributed by atoms with Gasteiger partial charge in [-0.3, -0.25) is 4.79 Å². The van der Waals surface area contributed by atoms with Crippen LogP contribution >= 0.6 is 11.3 Å². The number of thiazole rings is 1. The number of anilines is 1. The van der Waals surface area contributed by atoms with Gasteiger partial charge in [-0.05, 0) is 19.8 Å². The summed E-state index contributed by atoms with van der Waals surface area (Å²) in [4.78, 5) is 19.1. The molecule has 0 amide bonds. The summed E-state index contributed by atoms with van der Waals surface area (Å²) in [6.07, 6.45) is 2.93. The van der Waals surface area contributed by atoms with Crippen LogP contribution in [0.1, 0.15) is 35.8 Å². The van der Waals surface area contributed by atoms with Gasteiger partial charge in [0.15, 0.2) is 10.9 Å². The highest BCUT2D eigenvalue weighted by atomic mass is 32.1. The largest absolute Gasteiger partial charge is 0.345 e. The molecule has 1 saturated carbocycles. The molecule has 104 valence electrons. The van der Waals surface area contributed by atoms with E-state index in [1.165, 1.54) is 12.8 Å². The number of rotatable bonds is 6. The molecule has 0 aliphatic heterocycles. The first kappa shape index (κ1) is 13.3. The van der Waals surface area contributed by atoms with E-state index in [4.69, 9.17) is 0 Å². The molecule has 3 rings (SSSR count). The lowest BCUT2D eigenvalue weighted by molar-refractivity contribution is 0.0992. The first-order valence-corrected chi connectivity index (χ1v) is 7.95. The number of benzene rings is 1. The summed E-state index contributed by atoms with van der Waals surface area (Å²) in [6.45, 7) is 3.15. The van der Waals surface area contributed by atoms with Crippen LogP contribution in [0.3, 0.4) is 0 Å². The fraction of sp³-hybridized carbons (Fsp3) is 0.375. The third-order valence-corrected chi connectivity index (χ3v) is 4.48. The smallest absolute Gasteiger partial charge is 0.185 e. The van der Waals surface area contributed by atoms with Gasteiger partial charge in [0.25, 0.3) is 0 Å². The summed E-state index contributed by atoms with van der Waals surface area (Å²) in [6, 6.07) is 10.1. The lowest BCUT2D eigenvalue weighted by Crippen LogP contribution is -2.24. The molecule has 0 radical (unpaired) electrons. The van der Waals surface area contributed by atoms with E-state index in [1.807, 2.05) is 35.7 Å². The third-order valence-electron chi connectivity index (χ3n) is 3.55. The minimum absolute atomic E-state index is 0.136. The average Bonchev–Trinajstić information content (AvgIpc) is 3.21. The number of hydrogen-bond donors (Lipinski definition) is 0. The zero-order valence-corrected chi connectivity index (χ0v) is 12.4. The summed E-state index contributed by atoms with van der Waals surface area (Å²) in [7, 11) is 0. The van der Waals surface area contributed by atoms with E-state index in [0.29, 0.717) is 12.5 Å². The number of carbonyl (C=O) groups is 1. The number of aromatic nitrogens is 1. The predicted molar refractivity (Wildman–Crippen MR) is 82.6 cm³/mol. The van der Waals surface area contributed by atoms with Crippen molar-refractivity contribution in [3.63, 3.8) is 0 Å². The van der Waals surface area contributed by atoms with Crippen molar-refractivity contribution >= 4 is 22.3 Å². The Labute approximate surface area is 123 Å². The molecule has 1 aromatic heterocycles. The first-order chi connectivity index (χ1) is 9.78. The van der Waals surface area contributed by atoms with Crippen LogP contribution in [0.25, 0.3) is 0 Å². The Hall–Kier alpha value is -1.68. The maximum absolute atomic E-state index is 12.2. The first-order valence-electron chi connectivity index (χ1n) is 7.07. The SMILES string of the molecule is CCN(c1nc(CC(=O)c2ccccc2)cs1)C1CC1. The van der Waals surface area contributed by atoms with E-state index in [2.05, 4.69) is 16.8 Å².